The number of benzene rings is 1. The standard InChI is InChI=1S/C21H39ClO3Si2/c1-6-7-8-9-10-11-12-13-16-19-23-26(2,3)25-27(4,5)24-21-18-15-14-17-20(21)22/h14-15,17-18H,6-13,16,19H2,1-5H3. The van der Waals surface area contributed by atoms with Crippen molar-refractivity contribution in [3.05, 3.63) is 29.3 Å². The summed E-state index contributed by atoms with van der Waals surface area (Å²) in [7, 11) is -4.56. The van der Waals surface area contributed by atoms with Crippen LogP contribution in [0.25, 0.3) is 0 Å². The molecule has 0 aliphatic heterocycles. The summed E-state index contributed by atoms with van der Waals surface area (Å²) in [4.78, 5) is 0. The molecule has 0 saturated heterocycles. The summed E-state index contributed by atoms with van der Waals surface area (Å²) in [5.74, 6) is 0.694. The normalized spacial score (nSPS) is 12.4. The second-order valence-electron chi connectivity index (χ2n) is 8.11. The van der Waals surface area contributed by atoms with Gasteiger partial charge in [0.25, 0.3) is 0 Å². The van der Waals surface area contributed by atoms with E-state index >= 15 is 0 Å². The molecule has 1 rings (SSSR count). The van der Waals surface area contributed by atoms with Crippen molar-refractivity contribution < 1.29 is 13.0 Å². The van der Waals surface area contributed by atoms with Crippen molar-refractivity contribution in [2.24, 2.45) is 0 Å². The van der Waals surface area contributed by atoms with Crippen molar-refractivity contribution >= 4 is 28.7 Å². The van der Waals surface area contributed by atoms with Crippen LogP contribution in [0.3, 0.4) is 0 Å². The number of hydrogen-bond acceptors (Lipinski definition) is 3. The Morgan fingerprint density at radius 2 is 1.33 bits per heavy atom. The van der Waals surface area contributed by atoms with Crippen LogP contribution >= 0.6 is 11.6 Å². The molecule has 1 aromatic rings. The Kier molecular flexibility index (Phi) is 11.9. The highest BCUT2D eigenvalue weighted by Crippen LogP contribution is 2.27. The Balaban J connectivity index is 2.21. The molecule has 1 aromatic carbocycles. The van der Waals surface area contributed by atoms with Crippen LogP contribution < -0.4 is 4.43 Å². The van der Waals surface area contributed by atoms with Gasteiger partial charge in [0.2, 0.25) is 0 Å². The van der Waals surface area contributed by atoms with E-state index in [0.29, 0.717) is 10.8 Å². The lowest BCUT2D eigenvalue weighted by Gasteiger charge is -2.33. The van der Waals surface area contributed by atoms with Crippen LogP contribution in [0, 0.1) is 0 Å². The fourth-order valence-corrected chi connectivity index (χ4v) is 9.89. The van der Waals surface area contributed by atoms with Crippen molar-refractivity contribution in [3.63, 3.8) is 0 Å². The minimum Gasteiger partial charge on any atom is -0.520 e. The van der Waals surface area contributed by atoms with E-state index in [-0.39, 0.29) is 0 Å². The Morgan fingerprint density at radius 1 is 0.778 bits per heavy atom. The van der Waals surface area contributed by atoms with E-state index in [9.17, 15) is 0 Å². The third kappa shape index (κ3) is 12.0. The topological polar surface area (TPSA) is 27.7 Å². The third-order valence-corrected chi connectivity index (χ3v) is 10.2. The highest BCUT2D eigenvalue weighted by molar-refractivity contribution is 6.79. The molecule has 156 valence electrons. The minimum absolute atomic E-state index is 0.622. The monoisotopic (exact) mass is 430 g/mol. The molecule has 0 radical (unpaired) electrons. The zero-order valence-electron chi connectivity index (χ0n) is 18.0. The van der Waals surface area contributed by atoms with Gasteiger partial charge in [0.1, 0.15) is 5.75 Å². The van der Waals surface area contributed by atoms with Crippen molar-refractivity contribution in [2.75, 3.05) is 6.61 Å². The maximum absolute atomic E-state index is 6.34. The van der Waals surface area contributed by atoms with E-state index in [0.717, 1.165) is 13.0 Å². The molecule has 27 heavy (non-hydrogen) atoms. The fraction of sp³-hybridized carbons (Fsp3) is 0.714. The first-order valence-corrected chi connectivity index (χ1v) is 16.5. The van der Waals surface area contributed by atoms with Gasteiger partial charge >= 0.3 is 17.1 Å². The molecule has 0 bridgehead atoms. The second-order valence-corrected chi connectivity index (χ2v) is 15.4. The lowest BCUT2D eigenvalue weighted by molar-refractivity contribution is 0.225. The molecule has 0 aliphatic rings. The number of unbranched alkanes of at least 4 members (excludes halogenated alkanes) is 8. The molecule has 0 amide bonds. The van der Waals surface area contributed by atoms with E-state index in [2.05, 4.69) is 20.0 Å². The summed E-state index contributed by atoms with van der Waals surface area (Å²) >= 11 is 6.20. The molecule has 0 fully saturated rings. The van der Waals surface area contributed by atoms with Gasteiger partial charge in [-0.05, 0) is 44.7 Å². The molecule has 3 nitrogen and oxygen atoms in total. The minimum atomic E-state index is -2.36. The average molecular weight is 431 g/mol. The molecule has 0 saturated carbocycles. The van der Waals surface area contributed by atoms with Crippen molar-refractivity contribution in [3.8, 4) is 5.75 Å². The van der Waals surface area contributed by atoms with Crippen LogP contribution in [0.1, 0.15) is 64.7 Å². The van der Waals surface area contributed by atoms with Gasteiger partial charge in [0.05, 0.1) is 5.02 Å². The van der Waals surface area contributed by atoms with Gasteiger partial charge in [-0.1, -0.05) is 82.0 Å². The Hall–Kier alpha value is -0.336. The highest BCUT2D eigenvalue weighted by Gasteiger charge is 2.38. The van der Waals surface area contributed by atoms with Gasteiger partial charge in [-0.2, -0.15) is 0 Å². The summed E-state index contributed by atoms with van der Waals surface area (Å²) in [6, 6.07) is 7.55. The Bertz CT molecular complexity index is 524. The number of hydrogen-bond donors (Lipinski definition) is 0. The van der Waals surface area contributed by atoms with Crippen LogP contribution in [0.15, 0.2) is 24.3 Å². The molecule has 0 aliphatic carbocycles. The zero-order chi connectivity index (χ0) is 20.2. The van der Waals surface area contributed by atoms with Crippen LogP contribution in [-0.2, 0) is 8.54 Å². The summed E-state index contributed by atoms with van der Waals surface area (Å²) in [6.45, 7) is 11.4. The van der Waals surface area contributed by atoms with Gasteiger partial charge < -0.3 is 13.0 Å². The van der Waals surface area contributed by atoms with E-state index in [1.54, 1.807) is 0 Å². The van der Waals surface area contributed by atoms with Gasteiger partial charge in [-0.15, -0.1) is 0 Å². The predicted molar refractivity (Wildman–Crippen MR) is 121 cm³/mol. The predicted octanol–water partition coefficient (Wildman–Crippen LogP) is 7.69. The lowest BCUT2D eigenvalue weighted by atomic mass is 10.1. The van der Waals surface area contributed by atoms with Crippen LogP contribution in [-0.4, -0.2) is 23.7 Å². The average Bonchev–Trinajstić information content (AvgIpc) is 2.57. The molecule has 0 N–H and O–H groups in total. The van der Waals surface area contributed by atoms with Gasteiger partial charge in [-0.3, -0.25) is 0 Å². The summed E-state index contributed by atoms with van der Waals surface area (Å²) in [5.41, 5.74) is 0. The molecule has 0 unspecified atom stereocenters. The van der Waals surface area contributed by atoms with Crippen LogP contribution in [0.2, 0.25) is 31.2 Å². The number of rotatable bonds is 15. The molecular weight excluding hydrogens is 392 g/mol. The molecule has 6 heteroatoms. The van der Waals surface area contributed by atoms with E-state index < -0.39 is 17.1 Å². The molecule has 0 spiro atoms. The molecule has 0 aromatic heterocycles. The van der Waals surface area contributed by atoms with E-state index in [1.165, 1.54) is 51.4 Å². The van der Waals surface area contributed by atoms with Crippen LogP contribution in [0.4, 0.5) is 0 Å². The molecular formula is C21H39ClO3Si2. The van der Waals surface area contributed by atoms with Gasteiger partial charge in [-0.25, -0.2) is 0 Å². The highest BCUT2D eigenvalue weighted by atomic mass is 35.5. The number of para-hydroxylation sites is 1. The Labute approximate surface area is 174 Å². The van der Waals surface area contributed by atoms with E-state index in [1.807, 2.05) is 37.4 Å². The zero-order valence-corrected chi connectivity index (χ0v) is 20.7. The van der Waals surface area contributed by atoms with E-state index in [4.69, 9.17) is 24.6 Å². The summed E-state index contributed by atoms with van der Waals surface area (Å²) < 4.78 is 18.6. The Morgan fingerprint density at radius 3 is 1.93 bits per heavy atom. The first-order chi connectivity index (χ1) is 12.8. The second kappa shape index (κ2) is 13.0. The maximum Gasteiger partial charge on any atom is 0.383 e. The van der Waals surface area contributed by atoms with Crippen molar-refractivity contribution in [1.29, 1.82) is 0 Å². The first-order valence-electron chi connectivity index (χ1n) is 10.5. The largest absolute Gasteiger partial charge is 0.520 e. The summed E-state index contributed by atoms with van der Waals surface area (Å²) in [6.07, 6.45) is 11.9. The number of halogens is 1. The molecule has 0 heterocycles. The van der Waals surface area contributed by atoms with Crippen molar-refractivity contribution in [1.82, 2.24) is 0 Å². The van der Waals surface area contributed by atoms with Crippen molar-refractivity contribution in [2.45, 2.75) is 90.9 Å². The lowest BCUT2D eigenvalue weighted by Crippen LogP contribution is -2.50. The van der Waals surface area contributed by atoms with Crippen LogP contribution in [0.5, 0.6) is 5.75 Å². The first kappa shape index (κ1) is 24.7. The fourth-order valence-electron chi connectivity index (χ4n) is 3.17. The van der Waals surface area contributed by atoms with Gasteiger partial charge in [0.15, 0.2) is 0 Å². The smallest absolute Gasteiger partial charge is 0.383 e. The third-order valence-electron chi connectivity index (χ3n) is 4.38. The summed E-state index contributed by atoms with van der Waals surface area (Å²) in [5, 5.41) is 0.622. The molecule has 0 atom stereocenters. The van der Waals surface area contributed by atoms with Gasteiger partial charge in [0, 0.05) is 6.61 Å². The quantitative estimate of drug-likeness (QED) is 0.211. The SMILES string of the molecule is CCCCCCCCCCCO[Si](C)(C)O[Si](C)(C)Oc1ccccc1Cl. The maximum atomic E-state index is 6.34.